The fraction of sp³-hybridized carbons (Fsp3) is 0.657. The number of benzene rings is 1. The summed E-state index contributed by atoms with van der Waals surface area (Å²) in [5, 5.41) is 2.85. The van der Waals surface area contributed by atoms with Gasteiger partial charge in [0.1, 0.15) is 29.7 Å². The van der Waals surface area contributed by atoms with Gasteiger partial charge < -0.3 is 29.3 Å². The van der Waals surface area contributed by atoms with Crippen molar-refractivity contribution < 1.29 is 33.4 Å². The Morgan fingerprint density at radius 2 is 1.74 bits per heavy atom. The van der Waals surface area contributed by atoms with E-state index in [4.69, 9.17) is 24.2 Å². The van der Waals surface area contributed by atoms with Crippen molar-refractivity contribution in [3.8, 4) is 11.6 Å². The quantitative estimate of drug-likeness (QED) is 0.499. The van der Waals surface area contributed by atoms with Crippen molar-refractivity contribution in [3.05, 3.63) is 23.9 Å². The molecule has 3 aliphatic rings. The van der Waals surface area contributed by atoms with Crippen LogP contribution in [0.3, 0.4) is 0 Å². The number of Topliss-reactive ketones (excluding diaryl/α,β-unsaturated/α-hetero) is 1. The van der Waals surface area contributed by atoms with Gasteiger partial charge in [0.05, 0.1) is 36.8 Å². The monoisotopic (exact) mass is 651 g/mol. The Morgan fingerprint density at radius 3 is 2.43 bits per heavy atom. The summed E-state index contributed by atoms with van der Waals surface area (Å²) < 4.78 is 18.0. The molecular weight excluding hydrogens is 602 g/mol. The molecule has 12 nitrogen and oxygen atoms in total. The Hall–Kier alpha value is -3.96. The van der Waals surface area contributed by atoms with Crippen LogP contribution in [0.1, 0.15) is 85.8 Å². The lowest BCUT2D eigenvalue weighted by Crippen LogP contribution is -2.58. The van der Waals surface area contributed by atoms with Gasteiger partial charge in [-0.05, 0) is 56.6 Å². The van der Waals surface area contributed by atoms with Gasteiger partial charge in [-0.25, -0.2) is 14.8 Å². The van der Waals surface area contributed by atoms with E-state index in [0.29, 0.717) is 48.6 Å². The Morgan fingerprint density at radius 1 is 0.979 bits per heavy atom. The maximum Gasteiger partial charge on any atom is 0.408 e. The summed E-state index contributed by atoms with van der Waals surface area (Å²) in [6, 6.07) is 3.55. The summed E-state index contributed by atoms with van der Waals surface area (Å²) in [5.74, 6) is 0.0866. The van der Waals surface area contributed by atoms with Crippen LogP contribution < -0.4 is 14.8 Å². The van der Waals surface area contributed by atoms with Crippen molar-refractivity contribution >= 4 is 34.7 Å². The Bertz CT molecular complexity index is 1510. The molecule has 6 atom stereocenters. The van der Waals surface area contributed by atoms with Crippen molar-refractivity contribution in [1.29, 1.82) is 0 Å². The minimum atomic E-state index is -0.976. The standard InChI is InChI=1S/C35H49N5O7/c1-20-29-19-40(30(20)21(2)41)33(43)31(35(4,5)6)38-34(44)47-28-14-11-17-39(22(3)42)27(28)13-10-8-9-12-25-32(46-29)37-26-18-23(45-7)15-16-24(26)36-25/h15-16,18,20,27-31H,8-14,17,19H2,1-7H3,(H,38,44)/t20-,27+,28-,29+,30+,31-/m1/s1. The van der Waals surface area contributed by atoms with Gasteiger partial charge in [0, 0.05) is 25.5 Å². The number of nitrogens with one attached hydrogen (secondary N) is 1. The van der Waals surface area contributed by atoms with Gasteiger partial charge in [0.15, 0.2) is 5.78 Å². The fourth-order valence-electron chi connectivity index (χ4n) is 7.32. The SMILES string of the molecule is COc1ccc2nc3c(nc2c1)O[C@H]1CN(C(=O)[C@H](C(C)(C)C)NC(=O)O[C@@H]2CCCN(C(C)=O)[C@H]2CCCCC3)[C@H](C(C)=O)[C@@H]1C. The third kappa shape index (κ3) is 7.46. The summed E-state index contributed by atoms with van der Waals surface area (Å²) in [4.78, 5) is 66.6. The van der Waals surface area contributed by atoms with E-state index in [1.54, 1.807) is 14.0 Å². The zero-order valence-corrected chi connectivity index (χ0v) is 28.7. The highest BCUT2D eigenvalue weighted by Gasteiger charge is 2.49. The lowest BCUT2D eigenvalue weighted by Gasteiger charge is -2.41. The molecule has 3 aliphatic heterocycles. The first kappa shape index (κ1) is 34.4. The van der Waals surface area contributed by atoms with Crippen molar-refractivity contribution in [3.63, 3.8) is 0 Å². The van der Waals surface area contributed by atoms with Crippen LogP contribution in [0.2, 0.25) is 0 Å². The highest BCUT2D eigenvalue weighted by atomic mass is 16.6. The number of piperidine rings is 1. The van der Waals surface area contributed by atoms with Gasteiger partial charge >= 0.3 is 6.09 Å². The maximum absolute atomic E-state index is 14.3. The van der Waals surface area contributed by atoms with Gasteiger partial charge in [0.2, 0.25) is 17.7 Å². The number of carbonyl (C=O) groups excluding carboxylic acids is 4. The van der Waals surface area contributed by atoms with E-state index in [-0.39, 0.29) is 36.1 Å². The van der Waals surface area contributed by atoms with Crippen LogP contribution in [-0.4, -0.2) is 94.0 Å². The number of alkyl carbamates (subject to hydrolysis) is 1. The fourth-order valence-corrected chi connectivity index (χ4v) is 7.32. The largest absolute Gasteiger partial charge is 0.497 e. The van der Waals surface area contributed by atoms with Crippen molar-refractivity contribution in [2.45, 2.75) is 117 Å². The molecule has 3 amide bonds. The van der Waals surface area contributed by atoms with Crippen LogP contribution in [0.25, 0.3) is 11.0 Å². The molecule has 0 unspecified atom stereocenters. The van der Waals surface area contributed by atoms with Crippen LogP contribution >= 0.6 is 0 Å². The number of hydrogen-bond acceptors (Lipinski definition) is 9. The minimum absolute atomic E-state index is 0.0496. The Labute approximate surface area is 276 Å². The lowest BCUT2D eigenvalue weighted by molar-refractivity contribution is -0.141. The normalized spacial score (nSPS) is 27.8. The van der Waals surface area contributed by atoms with Crippen molar-refractivity contribution in [1.82, 2.24) is 25.1 Å². The second kappa shape index (κ2) is 14.0. The van der Waals surface area contributed by atoms with E-state index in [0.717, 1.165) is 31.2 Å². The molecule has 0 aliphatic carbocycles. The molecule has 1 aromatic carbocycles. The van der Waals surface area contributed by atoms with Gasteiger partial charge in [0.25, 0.3) is 0 Å². The second-order valence-electron chi connectivity index (χ2n) is 14.3. The number of ether oxygens (including phenoxy) is 3. The molecule has 256 valence electrons. The van der Waals surface area contributed by atoms with E-state index in [9.17, 15) is 19.2 Å². The number of likely N-dealkylation sites (tertiary alicyclic amines) is 1. The summed E-state index contributed by atoms with van der Waals surface area (Å²) in [7, 11) is 1.59. The van der Waals surface area contributed by atoms with Crippen LogP contribution in [0, 0.1) is 11.3 Å². The minimum Gasteiger partial charge on any atom is -0.497 e. The van der Waals surface area contributed by atoms with Crippen LogP contribution in [-0.2, 0) is 25.5 Å². The van der Waals surface area contributed by atoms with Gasteiger partial charge in [-0.2, -0.15) is 0 Å². The number of aromatic nitrogens is 2. The van der Waals surface area contributed by atoms with Crippen LogP contribution in [0.4, 0.5) is 4.79 Å². The highest BCUT2D eigenvalue weighted by molar-refractivity contribution is 5.92. The average Bonchev–Trinajstić information content (AvgIpc) is 3.34. The Balaban J connectivity index is 1.54. The van der Waals surface area contributed by atoms with E-state index in [2.05, 4.69) is 5.32 Å². The number of methoxy groups -OCH3 is 1. The third-order valence-corrected chi connectivity index (χ3v) is 9.84. The molecule has 1 N–H and O–H groups in total. The summed E-state index contributed by atoms with van der Waals surface area (Å²) in [5.41, 5.74) is 1.35. The summed E-state index contributed by atoms with van der Waals surface area (Å²) in [6.07, 6.45) is 3.41. The number of amides is 3. The lowest BCUT2D eigenvalue weighted by atomic mass is 9.85. The number of fused-ring (bicyclic) bond motifs is 5. The maximum atomic E-state index is 14.3. The number of aryl methyl sites for hydroxylation is 1. The second-order valence-corrected chi connectivity index (χ2v) is 14.3. The average molecular weight is 652 g/mol. The number of nitrogens with zero attached hydrogens (tertiary/aromatic N) is 4. The van der Waals surface area contributed by atoms with Gasteiger partial charge in [-0.3, -0.25) is 14.4 Å². The molecule has 2 fully saturated rings. The molecule has 1 aromatic heterocycles. The Kier molecular flexibility index (Phi) is 10.3. The highest BCUT2D eigenvalue weighted by Crippen LogP contribution is 2.34. The molecule has 47 heavy (non-hydrogen) atoms. The first-order valence-electron chi connectivity index (χ1n) is 16.8. The number of rotatable bonds is 2. The molecular formula is C35H49N5O7. The molecule has 2 saturated heterocycles. The van der Waals surface area contributed by atoms with Crippen molar-refractivity contribution in [2.75, 3.05) is 20.2 Å². The zero-order chi connectivity index (χ0) is 34.0. The van der Waals surface area contributed by atoms with E-state index in [1.807, 2.05) is 50.8 Å². The van der Waals surface area contributed by atoms with Crippen molar-refractivity contribution in [2.24, 2.45) is 11.3 Å². The molecule has 0 saturated carbocycles. The van der Waals surface area contributed by atoms with Crippen LogP contribution in [0.5, 0.6) is 11.6 Å². The topological polar surface area (TPSA) is 140 Å². The van der Waals surface area contributed by atoms with Gasteiger partial charge in [-0.15, -0.1) is 0 Å². The molecule has 0 spiro atoms. The summed E-state index contributed by atoms with van der Waals surface area (Å²) >= 11 is 0. The van der Waals surface area contributed by atoms with E-state index in [1.165, 1.54) is 11.8 Å². The predicted octanol–water partition coefficient (Wildman–Crippen LogP) is 4.46. The first-order valence-corrected chi connectivity index (χ1v) is 16.8. The molecule has 2 aromatic rings. The number of ketones is 1. The first-order chi connectivity index (χ1) is 22.3. The summed E-state index contributed by atoms with van der Waals surface area (Å²) in [6.45, 7) is 11.3. The number of carbonyl (C=O) groups is 4. The van der Waals surface area contributed by atoms with E-state index >= 15 is 0 Å². The molecule has 5 rings (SSSR count). The third-order valence-electron chi connectivity index (χ3n) is 9.84. The molecule has 0 radical (unpaired) electrons. The molecule has 2 bridgehead atoms. The smallest absolute Gasteiger partial charge is 0.408 e. The predicted molar refractivity (Wildman–Crippen MR) is 175 cm³/mol. The van der Waals surface area contributed by atoms with Crippen LogP contribution in [0.15, 0.2) is 18.2 Å². The van der Waals surface area contributed by atoms with Gasteiger partial charge in [-0.1, -0.05) is 40.5 Å². The molecule has 4 heterocycles. The van der Waals surface area contributed by atoms with E-state index < -0.39 is 35.8 Å². The zero-order valence-electron chi connectivity index (χ0n) is 28.7. The number of hydrogen-bond donors (Lipinski definition) is 1. The molecule has 12 heteroatoms.